The number of rotatable bonds is 3. The van der Waals surface area contributed by atoms with E-state index >= 15 is 0 Å². The van der Waals surface area contributed by atoms with Crippen molar-refractivity contribution in [2.75, 3.05) is 13.7 Å². The first-order chi connectivity index (χ1) is 9.54. The number of ether oxygens (including phenoxy) is 1. The number of piperidine rings is 1. The van der Waals surface area contributed by atoms with E-state index in [-0.39, 0.29) is 17.5 Å². The van der Waals surface area contributed by atoms with Crippen LogP contribution in [0.4, 0.5) is 4.39 Å². The van der Waals surface area contributed by atoms with Crippen LogP contribution in [0.3, 0.4) is 0 Å². The van der Waals surface area contributed by atoms with Gasteiger partial charge in [0.15, 0.2) is 0 Å². The Morgan fingerprint density at radius 3 is 2.85 bits per heavy atom. The topological polar surface area (TPSA) is 49.8 Å². The van der Waals surface area contributed by atoms with E-state index < -0.39 is 11.9 Å². The molecule has 1 aromatic carbocycles. The SMILES string of the molecule is COc1ccc(C(=O)N2CCCCC2C(C)O)c(F)c1. The van der Waals surface area contributed by atoms with Gasteiger partial charge in [0.2, 0.25) is 0 Å². The molecule has 0 radical (unpaired) electrons. The molecule has 4 nitrogen and oxygen atoms in total. The van der Waals surface area contributed by atoms with Crippen LogP contribution >= 0.6 is 0 Å². The third-order valence-corrected chi connectivity index (χ3v) is 3.77. The Morgan fingerprint density at radius 1 is 1.50 bits per heavy atom. The van der Waals surface area contributed by atoms with Crippen LogP contribution in [-0.2, 0) is 0 Å². The van der Waals surface area contributed by atoms with Gasteiger partial charge in [-0.3, -0.25) is 4.79 Å². The summed E-state index contributed by atoms with van der Waals surface area (Å²) >= 11 is 0. The fraction of sp³-hybridized carbons (Fsp3) is 0.533. The Hall–Kier alpha value is -1.62. The first kappa shape index (κ1) is 14.8. The maximum atomic E-state index is 14.0. The maximum Gasteiger partial charge on any atom is 0.257 e. The lowest BCUT2D eigenvalue weighted by Crippen LogP contribution is -2.49. The highest BCUT2D eigenvalue weighted by atomic mass is 19.1. The maximum absolute atomic E-state index is 14.0. The van der Waals surface area contributed by atoms with Crippen molar-refractivity contribution in [3.63, 3.8) is 0 Å². The van der Waals surface area contributed by atoms with Gasteiger partial charge in [0.25, 0.3) is 5.91 Å². The Labute approximate surface area is 118 Å². The van der Waals surface area contributed by atoms with Gasteiger partial charge in [-0.1, -0.05) is 0 Å². The summed E-state index contributed by atoms with van der Waals surface area (Å²) in [7, 11) is 1.45. The molecule has 5 heteroatoms. The summed E-state index contributed by atoms with van der Waals surface area (Å²) in [4.78, 5) is 14.1. The van der Waals surface area contributed by atoms with Crippen molar-refractivity contribution < 1.29 is 19.0 Å². The number of methoxy groups -OCH3 is 1. The monoisotopic (exact) mass is 281 g/mol. The van der Waals surface area contributed by atoms with Crippen molar-refractivity contribution >= 4 is 5.91 Å². The molecular formula is C15H20FNO3. The first-order valence-electron chi connectivity index (χ1n) is 6.87. The van der Waals surface area contributed by atoms with Gasteiger partial charge < -0.3 is 14.7 Å². The summed E-state index contributed by atoms with van der Waals surface area (Å²) in [6, 6.07) is 3.97. The summed E-state index contributed by atoms with van der Waals surface area (Å²) in [5, 5.41) is 9.79. The van der Waals surface area contributed by atoms with Crippen molar-refractivity contribution in [1.29, 1.82) is 0 Å². The number of aliphatic hydroxyl groups is 1. The second-order valence-electron chi connectivity index (χ2n) is 5.15. The van der Waals surface area contributed by atoms with Crippen LogP contribution in [0.15, 0.2) is 18.2 Å². The lowest BCUT2D eigenvalue weighted by molar-refractivity contribution is 0.0277. The first-order valence-corrected chi connectivity index (χ1v) is 6.87. The van der Waals surface area contributed by atoms with Crippen LogP contribution in [0.2, 0.25) is 0 Å². The second kappa shape index (κ2) is 6.22. The van der Waals surface area contributed by atoms with Crippen molar-refractivity contribution in [3.05, 3.63) is 29.6 Å². The van der Waals surface area contributed by atoms with Gasteiger partial charge in [-0.2, -0.15) is 0 Å². The molecule has 20 heavy (non-hydrogen) atoms. The lowest BCUT2D eigenvalue weighted by Gasteiger charge is -2.37. The van der Waals surface area contributed by atoms with Crippen molar-refractivity contribution in [3.8, 4) is 5.75 Å². The number of likely N-dealkylation sites (tertiary alicyclic amines) is 1. The minimum Gasteiger partial charge on any atom is -0.497 e. The van der Waals surface area contributed by atoms with Crippen molar-refractivity contribution in [1.82, 2.24) is 4.90 Å². The molecular weight excluding hydrogens is 261 g/mol. The predicted molar refractivity (Wildman–Crippen MR) is 73.3 cm³/mol. The van der Waals surface area contributed by atoms with Gasteiger partial charge in [0, 0.05) is 12.6 Å². The Morgan fingerprint density at radius 2 is 2.25 bits per heavy atom. The second-order valence-corrected chi connectivity index (χ2v) is 5.15. The standard InChI is InChI=1S/C15H20FNO3/c1-10(18)14-5-3-4-8-17(14)15(19)12-7-6-11(20-2)9-13(12)16/h6-7,9-10,14,18H,3-5,8H2,1-2H3. The molecule has 1 N–H and O–H groups in total. The highest BCUT2D eigenvalue weighted by Gasteiger charge is 2.31. The summed E-state index contributed by atoms with van der Waals surface area (Å²) < 4.78 is 18.9. The number of aliphatic hydroxyl groups excluding tert-OH is 1. The molecule has 2 atom stereocenters. The average Bonchev–Trinajstić information content (AvgIpc) is 2.46. The van der Waals surface area contributed by atoms with E-state index in [1.165, 1.54) is 19.2 Å². The number of hydrogen-bond donors (Lipinski definition) is 1. The van der Waals surface area contributed by atoms with Crippen LogP contribution in [0, 0.1) is 5.82 Å². The number of benzene rings is 1. The van der Waals surface area contributed by atoms with Gasteiger partial charge in [-0.15, -0.1) is 0 Å². The largest absolute Gasteiger partial charge is 0.497 e. The van der Waals surface area contributed by atoms with Gasteiger partial charge in [0.1, 0.15) is 11.6 Å². The quantitative estimate of drug-likeness (QED) is 0.924. The van der Waals surface area contributed by atoms with E-state index in [0.29, 0.717) is 12.3 Å². The molecule has 1 aromatic rings. The number of carbonyl (C=O) groups is 1. The summed E-state index contributed by atoms with van der Waals surface area (Å²) in [5.74, 6) is -0.579. The number of halogens is 1. The molecule has 1 heterocycles. The van der Waals surface area contributed by atoms with Gasteiger partial charge in [-0.25, -0.2) is 4.39 Å². The average molecular weight is 281 g/mol. The van der Waals surface area contributed by atoms with Crippen LogP contribution in [0.5, 0.6) is 5.75 Å². The molecule has 0 aromatic heterocycles. The van der Waals surface area contributed by atoms with E-state index in [4.69, 9.17) is 4.74 Å². The Bertz CT molecular complexity index is 490. The zero-order chi connectivity index (χ0) is 14.7. The Kier molecular flexibility index (Phi) is 4.60. The molecule has 1 saturated heterocycles. The molecule has 1 aliphatic rings. The zero-order valence-corrected chi connectivity index (χ0v) is 11.8. The van der Waals surface area contributed by atoms with Crippen LogP contribution in [-0.4, -0.2) is 41.7 Å². The van der Waals surface area contributed by atoms with Gasteiger partial charge >= 0.3 is 0 Å². The van der Waals surface area contributed by atoms with Gasteiger partial charge in [-0.05, 0) is 38.3 Å². The summed E-state index contributed by atoms with van der Waals surface area (Å²) in [5.41, 5.74) is 0.0263. The normalized spacial score (nSPS) is 20.6. The lowest BCUT2D eigenvalue weighted by atomic mass is 9.97. The van der Waals surface area contributed by atoms with E-state index in [9.17, 15) is 14.3 Å². The van der Waals surface area contributed by atoms with Crippen LogP contribution < -0.4 is 4.74 Å². The van der Waals surface area contributed by atoms with E-state index in [0.717, 1.165) is 19.3 Å². The zero-order valence-electron chi connectivity index (χ0n) is 11.8. The summed E-state index contributed by atoms with van der Waals surface area (Å²) in [6.45, 7) is 2.22. The predicted octanol–water partition coefficient (Wildman–Crippen LogP) is 2.21. The third kappa shape index (κ3) is 2.93. The minimum atomic E-state index is -0.611. The highest BCUT2D eigenvalue weighted by molar-refractivity contribution is 5.95. The number of carbonyl (C=O) groups excluding carboxylic acids is 1. The molecule has 1 fully saturated rings. The van der Waals surface area contributed by atoms with Crippen LogP contribution in [0.25, 0.3) is 0 Å². The molecule has 110 valence electrons. The molecule has 0 spiro atoms. The molecule has 0 aliphatic carbocycles. The van der Waals surface area contributed by atoms with Crippen molar-refractivity contribution in [2.24, 2.45) is 0 Å². The molecule has 2 unspecified atom stereocenters. The number of hydrogen-bond acceptors (Lipinski definition) is 3. The molecule has 0 bridgehead atoms. The van der Waals surface area contributed by atoms with E-state index in [2.05, 4.69) is 0 Å². The minimum absolute atomic E-state index is 0.0263. The summed E-state index contributed by atoms with van der Waals surface area (Å²) in [6.07, 6.45) is 2.00. The fourth-order valence-corrected chi connectivity index (χ4v) is 2.66. The molecule has 2 rings (SSSR count). The third-order valence-electron chi connectivity index (χ3n) is 3.77. The van der Waals surface area contributed by atoms with Crippen LogP contribution in [0.1, 0.15) is 36.5 Å². The van der Waals surface area contributed by atoms with Crippen molar-refractivity contribution in [2.45, 2.75) is 38.3 Å². The molecule has 0 saturated carbocycles. The number of amides is 1. The van der Waals surface area contributed by atoms with E-state index in [1.807, 2.05) is 0 Å². The van der Waals surface area contributed by atoms with E-state index in [1.54, 1.807) is 17.9 Å². The fourth-order valence-electron chi connectivity index (χ4n) is 2.66. The number of nitrogens with zero attached hydrogens (tertiary/aromatic N) is 1. The Balaban J connectivity index is 2.25. The molecule has 1 amide bonds. The smallest absolute Gasteiger partial charge is 0.257 e. The molecule has 1 aliphatic heterocycles. The highest BCUT2D eigenvalue weighted by Crippen LogP contribution is 2.24. The van der Waals surface area contributed by atoms with Gasteiger partial charge in [0.05, 0.1) is 24.8 Å².